The van der Waals surface area contributed by atoms with Crippen LogP contribution in [0, 0.1) is 0 Å². The van der Waals surface area contributed by atoms with Crippen LogP contribution >= 0.6 is 0 Å². The predicted molar refractivity (Wildman–Crippen MR) is 91.0 cm³/mol. The Bertz CT molecular complexity index is 681. The van der Waals surface area contributed by atoms with Crippen molar-refractivity contribution in [3.8, 4) is 5.75 Å². The highest BCUT2D eigenvalue weighted by Gasteiger charge is 2.34. The van der Waals surface area contributed by atoms with Gasteiger partial charge in [0.15, 0.2) is 0 Å². The summed E-state index contributed by atoms with van der Waals surface area (Å²) in [6.45, 7) is 1.55. The summed E-state index contributed by atoms with van der Waals surface area (Å²) in [4.78, 5) is 11.4. The largest absolute Gasteiger partial charge is 0.497 e. The van der Waals surface area contributed by atoms with Gasteiger partial charge in [-0.05, 0) is 42.2 Å². The Morgan fingerprint density at radius 3 is 2.39 bits per heavy atom. The highest BCUT2D eigenvalue weighted by molar-refractivity contribution is 5.85. The second-order valence-electron chi connectivity index (χ2n) is 5.89. The van der Waals surface area contributed by atoms with Gasteiger partial charge in [0.05, 0.1) is 13.2 Å². The van der Waals surface area contributed by atoms with E-state index in [4.69, 9.17) is 21.9 Å². The van der Waals surface area contributed by atoms with E-state index >= 15 is 0 Å². The van der Waals surface area contributed by atoms with Crippen LogP contribution in [0.15, 0.2) is 48.5 Å². The Labute approximate surface area is 136 Å². The zero-order chi connectivity index (χ0) is 17.0. The number of ether oxygens (including phenoxy) is 1. The molecule has 0 aliphatic carbocycles. The van der Waals surface area contributed by atoms with Crippen LogP contribution in [0.25, 0.3) is 0 Å². The first-order valence-electron chi connectivity index (χ1n) is 7.40. The molecule has 2 rings (SSSR count). The fourth-order valence-corrected chi connectivity index (χ4v) is 2.36. The molecule has 0 aliphatic rings. The Kier molecular flexibility index (Phi) is 5.03. The van der Waals surface area contributed by atoms with Gasteiger partial charge in [0, 0.05) is 0 Å². The number of amides is 1. The molecule has 6 N–H and O–H groups in total. The number of hydrogen-bond acceptors (Lipinski definition) is 4. The zero-order valence-electron chi connectivity index (χ0n) is 13.5. The van der Waals surface area contributed by atoms with Crippen LogP contribution in [0.1, 0.15) is 29.7 Å². The van der Waals surface area contributed by atoms with Gasteiger partial charge < -0.3 is 21.9 Å². The van der Waals surface area contributed by atoms with Crippen LogP contribution in [-0.2, 0) is 11.2 Å². The van der Waals surface area contributed by atoms with Crippen molar-refractivity contribution < 1.29 is 9.53 Å². The number of primary amides is 1. The van der Waals surface area contributed by atoms with E-state index in [9.17, 15) is 4.79 Å². The molecule has 0 fully saturated rings. The van der Waals surface area contributed by atoms with Crippen LogP contribution in [0.2, 0.25) is 0 Å². The molecule has 0 bridgehead atoms. The summed E-state index contributed by atoms with van der Waals surface area (Å²) in [5.74, 6) is 0.215. The Morgan fingerprint density at radius 2 is 1.83 bits per heavy atom. The smallest absolute Gasteiger partial charge is 0.239 e. The molecule has 0 aliphatic heterocycles. The minimum absolute atomic E-state index is 0.620. The molecule has 5 heteroatoms. The normalized spacial score (nSPS) is 14.8. The number of carbonyl (C=O) groups is 1. The molecule has 0 radical (unpaired) electrons. The van der Waals surface area contributed by atoms with E-state index in [-0.39, 0.29) is 0 Å². The Balaban J connectivity index is 2.14. The molecule has 2 unspecified atom stereocenters. The molecule has 23 heavy (non-hydrogen) atoms. The number of rotatable bonds is 6. The van der Waals surface area contributed by atoms with E-state index in [0.29, 0.717) is 0 Å². The minimum atomic E-state index is -1.28. The third-order valence-corrected chi connectivity index (χ3v) is 4.06. The number of benzene rings is 2. The lowest BCUT2D eigenvalue weighted by Gasteiger charge is -2.28. The third-order valence-electron chi connectivity index (χ3n) is 4.06. The average molecular weight is 313 g/mol. The van der Waals surface area contributed by atoms with Crippen LogP contribution in [0.3, 0.4) is 0 Å². The van der Waals surface area contributed by atoms with Gasteiger partial charge in [-0.3, -0.25) is 4.79 Å². The van der Waals surface area contributed by atoms with E-state index in [0.717, 1.165) is 28.9 Å². The molecule has 0 aromatic heterocycles. The molecule has 0 spiro atoms. The molecule has 2 aromatic rings. The maximum atomic E-state index is 11.4. The summed E-state index contributed by atoms with van der Waals surface area (Å²) in [7, 11) is 1.65. The fourth-order valence-electron chi connectivity index (χ4n) is 2.36. The molecule has 0 saturated carbocycles. The van der Waals surface area contributed by atoms with Crippen molar-refractivity contribution in [1.82, 2.24) is 0 Å². The molecule has 0 saturated heterocycles. The predicted octanol–water partition coefficient (Wildman–Crippen LogP) is 1.49. The van der Waals surface area contributed by atoms with Crippen LogP contribution in [0.5, 0.6) is 5.75 Å². The quantitative estimate of drug-likeness (QED) is 0.751. The van der Waals surface area contributed by atoms with Crippen molar-refractivity contribution in [2.24, 2.45) is 17.2 Å². The maximum Gasteiger partial charge on any atom is 0.239 e. The van der Waals surface area contributed by atoms with E-state index in [1.54, 1.807) is 14.0 Å². The van der Waals surface area contributed by atoms with Crippen LogP contribution in [0.4, 0.5) is 0 Å². The summed E-state index contributed by atoms with van der Waals surface area (Å²) in [6.07, 6.45) is 0.780. The first kappa shape index (κ1) is 17.0. The first-order valence-corrected chi connectivity index (χ1v) is 7.40. The molecular weight excluding hydrogens is 290 g/mol. The standard InChI is InChI=1S/C18H23N3O2/c1-18(21,17(20)22)16(19)14-8-6-12(7-9-14)10-13-4-3-5-15(11-13)23-2/h3-9,11,16H,10,19,21H2,1-2H3,(H2,20,22). The molecular formula is C18H23N3O2. The summed E-state index contributed by atoms with van der Waals surface area (Å²) in [5, 5.41) is 0. The second-order valence-corrected chi connectivity index (χ2v) is 5.89. The lowest BCUT2D eigenvalue weighted by molar-refractivity contribution is -0.123. The summed E-state index contributed by atoms with van der Waals surface area (Å²) >= 11 is 0. The molecule has 5 nitrogen and oxygen atoms in total. The maximum absolute atomic E-state index is 11.4. The van der Waals surface area contributed by atoms with Gasteiger partial charge in [0.2, 0.25) is 5.91 Å². The molecule has 122 valence electrons. The molecule has 0 heterocycles. The van der Waals surface area contributed by atoms with E-state index < -0.39 is 17.5 Å². The molecule has 2 atom stereocenters. The number of nitrogens with two attached hydrogens (primary N) is 3. The van der Waals surface area contributed by atoms with Crippen molar-refractivity contribution in [2.45, 2.75) is 24.9 Å². The summed E-state index contributed by atoms with van der Waals surface area (Å²) < 4.78 is 5.23. The van der Waals surface area contributed by atoms with Crippen LogP contribution in [-0.4, -0.2) is 18.6 Å². The highest BCUT2D eigenvalue weighted by atomic mass is 16.5. The Morgan fingerprint density at radius 1 is 1.17 bits per heavy atom. The third kappa shape index (κ3) is 3.88. The van der Waals surface area contributed by atoms with Gasteiger partial charge in [-0.1, -0.05) is 36.4 Å². The highest BCUT2D eigenvalue weighted by Crippen LogP contribution is 2.23. The van der Waals surface area contributed by atoms with Gasteiger partial charge in [-0.2, -0.15) is 0 Å². The van der Waals surface area contributed by atoms with Gasteiger partial charge >= 0.3 is 0 Å². The Hall–Kier alpha value is -2.37. The SMILES string of the molecule is COc1cccc(Cc2ccc(C(N)C(C)(N)C(N)=O)cc2)c1. The monoisotopic (exact) mass is 313 g/mol. The van der Waals surface area contributed by atoms with E-state index in [1.807, 2.05) is 48.5 Å². The van der Waals surface area contributed by atoms with Crippen molar-refractivity contribution in [2.75, 3.05) is 7.11 Å². The van der Waals surface area contributed by atoms with E-state index in [2.05, 4.69) is 0 Å². The van der Waals surface area contributed by atoms with Crippen molar-refractivity contribution in [1.29, 1.82) is 0 Å². The fraction of sp³-hybridized carbons (Fsp3) is 0.278. The number of hydrogen-bond donors (Lipinski definition) is 3. The zero-order valence-corrected chi connectivity index (χ0v) is 13.5. The van der Waals surface area contributed by atoms with Crippen molar-refractivity contribution in [3.63, 3.8) is 0 Å². The number of methoxy groups -OCH3 is 1. The summed E-state index contributed by atoms with van der Waals surface area (Å²) in [5.41, 5.74) is 19.1. The van der Waals surface area contributed by atoms with E-state index in [1.165, 1.54) is 0 Å². The van der Waals surface area contributed by atoms with Crippen molar-refractivity contribution >= 4 is 5.91 Å². The van der Waals surface area contributed by atoms with Gasteiger partial charge in [-0.15, -0.1) is 0 Å². The van der Waals surface area contributed by atoms with Gasteiger partial charge in [-0.25, -0.2) is 0 Å². The lowest BCUT2D eigenvalue weighted by atomic mass is 9.87. The van der Waals surface area contributed by atoms with Gasteiger partial charge in [0.25, 0.3) is 0 Å². The van der Waals surface area contributed by atoms with Gasteiger partial charge in [0.1, 0.15) is 11.3 Å². The minimum Gasteiger partial charge on any atom is -0.497 e. The number of carbonyl (C=O) groups excluding carboxylic acids is 1. The lowest BCUT2D eigenvalue weighted by Crippen LogP contribution is -2.56. The summed E-state index contributed by atoms with van der Waals surface area (Å²) in [6, 6.07) is 15.0. The van der Waals surface area contributed by atoms with Crippen molar-refractivity contribution in [3.05, 3.63) is 65.2 Å². The second kappa shape index (κ2) is 6.81. The molecule has 1 amide bonds. The first-order chi connectivity index (χ1) is 10.8. The molecule has 2 aromatic carbocycles. The topological polar surface area (TPSA) is 104 Å². The average Bonchev–Trinajstić information content (AvgIpc) is 2.55. The van der Waals surface area contributed by atoms with Crippen LogP contribution < -0.4 is 21.9 Å².